The summed E-state index contributed by atoms with van der Waals surface area (Å²) in [6.07, 6.45) is 1.58. The summed E-state index contributed by atoms with van der Waals surface area (Å²) in [5, 5.41) is 1.73. The summed E-state index contributed by atoms with van der Waals surface area (Å²) in [6, 6.07) is 11.3. The molecule has 2 aromatic carbocycles. The van der Waals surface area contributed by atoms with E-state index >= 15 is 0 Å². The highest BCUT2D eigenvalue weighted by Crippen LogP contribution is 2.34. The van der Waals surface area contributed by atoms with Crippen LogP contribution in [0.1, 0.15) is 10.4 Å². The molecule has 0 aliphatic heterocycles. The number of hydrogen-bond acceptors (Lipinski definition) is 3. The van der Waals surface area contributed by atoms with Crippen LogP contribution < -0.4 is 0 Å². The monoisotopic (exact) mass is 315 g/mol. The SMILES string of the molecule is COC(=O)c1ccc2ccnc(-c3c(F)cccc3Cl)c2c1. The first kappa shape index (κ1) is 14.5. The van der Waals surface area contributed by atoms with E-state index in [-0.39, 0.29) is 10.6 Å². The lowest BCUT2D eigenvalue weighted by Gasteiger charge is -2.10. The molecule has 22 heavy (non-hydrogen) atoms. The van der Waals surface area contributed by atoms with Crippen molar-refractivity contribution in [3.63, 3.8) is 0 Å². The fourth-order valence-electron chi connectivity index (χ4n) is 2.34. The second-order valence-corrected chi connectivity index (χ2v) is 5.09. The zero-order chi connectivity index (χ0) is 15.7. The Morgan fingerprint density at radius 3 is 2.77 bits per heavy atom. The van der Waals surface area contributed by atoms with Crippen LogP contribution in [0, 0.1) is 5.82 Å². The number of carbonyl (C=O) groups excluding carboxylic acids is 1. The Morgan fingerprint density at radius 2 is 2.05 bits per heavy atom. The van der Waals surface area contributed by atoms with E-state index in [9.17, 15) is 9.18 Å². The Hall–Kier alpha value is -2.46. The molecule has 0 atom stereocenters. The number of esters is 1. The van der Waals surface area contributed by atoms with E-state index in [0.29, 0.717) is 16.6 Å². The molecule has 0 fully saturated rings. The van der Waals surface area contributed by atoms with Gasteiger partial charge in [-0.2, -0.15) is 0 Å². The maximum absolute atomic E-state index is 14.2. The molecule has 0 saturated heterocycles. The topological polar surface area (TPSA) is 39.2 Å². The molecule has 0 saturated carbocycles. The van der Waals surface area contributed by atoms with Gasteiger partial charge in [-0.1, -0.05) is 23.7 Å². The number of hydrogen-bond donors (Lipinski definition) is 0. The van der Waals surface area contributed by atoms with E-state index in [1.165, 1.54) is 19.2 Å². The van der Waals surface area contributed by atoms with Gasteiger partial charge in [0.2, 0.25) is 0 Å². The normalized spacial score (nSPS) is 10.7. The molecule has 0 radical (unpaired) electrons. The number of benzene rings is 2. The molecule has 0 N–H and O–H groups in total. The van der Waals surface area contributed by atoms with Crippen molar-refractivity contribution < 1.29 is 13.9 Å². The first-order valence-corrected chi connectivity index (χ1v) is 6.91. The average Bonchev–Trinajstić information content (AvgIpc) is 2.53. The lowest BCUT2D eigenvalue weighted by Crippen LogP contribution is -2.01. The lowest BCUT2D eigenvalue weighted by atomic mass is 10.0. The summed E-state index contributed by atoms with van der Waals surface area (Å²) in [4.78, 5) is 15.9. The van der Waals surface area contributed by atoms with Gasteiger partial charge in [-0.05, 0) is 35.7 Å². The molecule has 3 rings (SSSR count). The number of carbonyl (C=O) groups is 1. The number of fused-ring (bicyclic) bond motifs is 1. The van der Waals surface area contributed by atoms with Crippen LogP contribution in [-0.4, -0.2) is 18.1 Å². The third-order valence-electron chi connectivity index (χ3n) is 3.39. The van der Waals surface area contributed by atoms with Gasteiger partial charge in [-0.3, -0.25) is 4.98 Å². The van der Waals surface area contributed by atoms with Gasteiger partial charge < -0.3 is 4.74 Å². The number of ether oxygens (including phenoxy) is 1. The number of pyridine rings is 1. The predicted octanol–water partition coefficient (Wildman–Crippen LogP) is 4.48. The summed E-state index contributed by atoms with van der Waals surface area (Å²) in [7, 11) is 1.31. The molecule has 0 unspecified atom stereocenters. The van der Waals surface area contributed by atoms with Crippen LogP contribution in [0.5, 0.6) is 0 Å². The van der Waals surface area contributed by atoms with Crippen LogP contribution >= 0.6 is 11.6 Å². The van der Waals surface area contributed by atoms with E-state index < -0.39 is 11.8 Å². The molecule has 0 aliphatic carbocycles. The molecular weight excluding hydrogens is 305 g/mol. The van der Waals surface area contributed by atoms with E-state index in [4.69, 9.17) is 16.3 Å². The first-order chi connectivity index (χ1) is 10.6. The van der Waals surface area contributed by atoms with Gasteiger partial charge in [0.05, 0.1) is 29.0 Å². The third-order valence-corrected chi connectivity index (χ3v) is 3.70. The Kier molecular flexibility index (Phi) is 3.77. The maximum atomic E-state index is 14.2. The Labute approximate surface area is 131 Å². The Morgan fingerprint density at radius 1 is 1.23 bits per heavy atom. The quantitative estimate of drug-likeness (QED) is 0.654. The summed E-state index contributed by atoms with van der Waals surface area (Å²) < 4.78 is 18.9. The molecule has 3 nitrogen and oxygen atoms in total. The molecule has 5 heteroatoms. The van der Waals surface area contributed by atoms with Crippen molar-refractivity contribution in [1.29, 1.82) is 0 Å². The Balaban J connectivity index is 2.32. The van der Waals surface area contributed by atoms with Crippen molar-refractivity contribution in [3.8, 4) is 11.3 Å². The molecule has 3 aromatic rings. The van der Waals surface area contributed by atoms with Crippen LogP contribution in [0.4, 0.5) is 4.39 Å². The fourth-order valence-corrected chi connectivity index (χ4v) is 2.59. The lowest BCUT2D eigenvalue weighted by molar-refractivity contribution is 0.0601. The van der Waals surface area contributed by atoms with Crippen molar-refractivity contribution in [3.05, 3.63) is 65.1 Å². The second kappa shape index (κ2) is 5.73. The zero-order valence-electron chi connectivity index (χ0n) is 11.6. The van der Waals surface area contributed by atoms with E-state index in [1.54, 1.807) is 36.5 Å². The van der Waals surface area contributed by atoms with E-state index in [1.807, 2.05) is 0 Å². The minimum absolute atomic E-state index is 0.219. The van der Waals surface area contributed by atoms with Crippen LogP contribution in [0.2, 0.25) is 5.02 Å². The highest BCUT2D eigenvalue weighted by Gasteiger charge is 2.15. The highest BCUT2D eigenvalue weighted by atomic mass is 35.5. The third kappa shape index (κ3) is 2.42. The first-order valence-electron chi connectivity index (χ1n) is 6.53. The number of nitrogens with zero attached hydrogens (tertiary/aromatic N) is 1. The van der Waals surface area contributed by atoms with Gasteiger partial charge in [0, 0.05) is 11.6 Å². The summed E-state index contributed by atoms with van der Waals surface area (Å²) in [5.41, 5.74) is 0.986. The van der Waals surface area contributed by atoms with Crippen molar-refractivity contribution >= 4 is 28.3 Å². The predicted molar refractivity (Wildman–Crippen MR) is 83.5 cm³/mol. The number of rotatable bonds is 2. The molecule has 110 valence electrons. The molecule has 0 amide bonds. The van der Waals surface area contributed by atoms with E-state index in [2.05, 4.69) is 4.98 Å². The molecule has 0 aliphatic rings. The van der Waals surface area contributed by atoms with Crippen LogP contribution in [0.3, 0.4) is 0 Å². The zero-order valence-corrected chi connectivity index (χ0v) is 12.4. The minimum Gasteiger partial charge on any atom is -0.465 e. The number of aromatic nitrogens is 1. The van der Waals surface area contributed by atoms with Crippen LogP contribution in [0.25, 0.3) is 22.0 Å². The number of halogens is 2. The molecular formula is C17H11ClFNO2. The second-order valence-electron chi connectivity index (χ2n) is 4.68. The minimum atomic E-state index is -0.462. The smallest absolute Gasteiger partial charge is 0.337 e. The average molecular weight is 316 g/mol. The van der Waals surface area contributed by atoms with Gasteiger partial charge in [-0.25, -0.2) is 9.18 Å². The molecule has 0 spiro atoms. The van der Waals surface area contributed by atoms with Gasteiger partial charge in [-0.15, -0.1) is 0 Å². The summed E-state index contributed by atoms with van der Waals surface area (Å²) in [6.45, 7) is 0. The molecule has 1 aromatic heterocycles. The molecule has 0 bridgehead atoms. The van der Waals surface area contributed by atoms with Gasteiger partial charge in [0.1, 0.15) is 5.82 Å². The van der Waals surface area contributed by atoms with Gasteiger partial charge in [0.25, 0.3) is 0 Å². The maximum Gasteiger partial charge on any atom is 0.337 e. The van der Waals surface area contributed by atoms with Crippen molar-refractivity contribution in [1.82, 2.24) is 4.98 Å². The number of methoxy groups -OCH3 is 1. The van der Waals surface area contributed by atoms with Gasteiger partial charge in [0.15, 0.2) is 0 Å². The van der Waals surface area contributed by atoms with Crippen molar-refractivity contribution in [2.45, 2.75) is 0 Å². The van der Waals surface area contributed by atoms with Crippen molar-refractivity contribution in [2.24, 2.45) is 0 Å². The summed E-state index contributed by atoms with van der Waals surface area (Å²) >= 11 is 6.12. The van der Waals surface area contributed by atoms with E-state index in [0.717, 1.165) is 5.39 Å². The highest BCUT2D eigenvalue weighted by molar-refractivity contribution is 6.33. The standard InChI is InChI=1S/C17H11ClFNO2/c1-22-17(21)11-6-5-10-7-8-20-16(12(10)9-11)15-13(18)3-2-4-14(15)19/h2-9H,1H3. The van der Waals surface area contributed by atoms with Gasteiger partial charge >= 0.3 is 5.97 Å². The van der Waals surface area contributed by atoms with Crippen LogP contribution in [0.15, 0.2) is 48.7 Å². The van der Waals surface area contributed by atoms with Crippen molar-refractivity contribution in [2.75, 3.05) is 7.11 Å². The largest absolute Gasteiger partial charge is 0.465 e. The van der Waals surface area contributed by atoms with Crippen LogP contribution in [-0.2, 0) is 4.74 Å². The molecule has 1 heterocycles. The fraction of sp³-hybridized carbons (Fsp3) is 0.0588. The summed E-state index contributed by atoms with van der Waals surface area (Å²) in [5.74, 6) is -0.924. The Bertz CT molecular complexity index is 859.